The second kappa shape index (κ2) is 6.10. The maximum atomic E-state index is 5.79. The van der Waals surface area contributed by atoms with Gasteiger partial charge in [0, 0.05) is 12.6 Å². The van der Waals surface area contributed by atoms with Crippen LogP contribution in [0, 0.1) is 5.92 Å². The summed E-state index contributed by atoms with van der Waals surface area (Å²) in [7, 11) is 1.69. The summed E-state index contributed by atoms with van der Waals surface area (Å²) in [6, 6.07) is 6.65. The molecule has 0 atom stereocenters. The van der Waals surface area contributed by atoms with Gasteiger partial charge in [-0.25, -0.2) is 0 Å². The molecule has 3 nitrogen and oxygen atoms in total. The van der Waals surface area contributed by atoms with Crippen molar-refractivity contribution < 1.29 is 9.47 Å². The van der Waals surface area contributed by atoms with Gasteiger partial charge in [-0.05, 0) is 36.5 Å². The van der Waals surface area contributed by atoms with Crippen molar-refractivity contribution in [2.75, 3.05) is 13.7 Å². The predicted molar refractivity (Wildman–Crippen MR) is 73.2 cm³/mol. The third-order valence-corrected chi connectivity index (χ3v) is 3.11. The van der Waals surface area contributed by atoms with E-state index in [0.29, 0.717) is 6.04 Å². The smallest absolute Gasteiger partial charge is 0.161 e. The molecular formula is C15H23NO2. The molecule has 3 heteroatoms. The number of methoxy groups -OCH3 is 1. The molecule has 1 aromatic carbocycles. The minimum Gasteiger partial charge on any atom is -0.493 e. The topological polar surface area (TPSA) is 30.5 Å². The predicted octanol–water partition coefficient (Wildman–Crippen LogP) is 2.98. The molecular weight excluding hydrogens is 226 g/mol. The van der Waals surface area contributed by atoms with Crippen molar-refractivity contribution >= 4 is 0 Å². The largest absolute Gasteiger partial charge is 0.493 e. The maximum absolute atomic E-state index is 5.79. The van der Waals surface area contributed by atoms with Crippen molar-refractivity contribution in [2.45, 2.75) is 39.3 Å². The molecule has 0 spiro atoms. The van der Waals surface area contributed by atoms with E-state index >= 15 is 0 Å². The van der Waals surface area contributed by atoms with Gasteiger partial charge in [-0.1, -0.05) is 19.9 Å². The minimum atomic E-state index is 0.488. The minimum absolute atomic E-state index is 0.488. The molecule has 2 rings (SSSR count). The van der Waals surface area contributed by atoms with E-state index in [1.54, 1.807) is 7.11 Å². The Labute approximate surface area is 109 Å². The van der Waals surface area contributed by atoms with Gasteiger partial charge < -0.3 is 14.8 Å². The Morgan fingerprint density at radius 2 is 2.06 bits per heavy atom. The molecule has 0 heterocycles. The Morgan fingerprint density at radius 1 is 1.28 bits per heavy atom. The van der Waals surface area contributed by atoms with Crippen molar-refractivity contribution in [1.82, 2.24) is 5.32 Å². The van der Waals surface area contributed by atoms with Crippen LogP contribution in [0.15, 0.2) is 18.2 Å². The molecule has 0 radical (unpaired) electrons. The normalized spacial score (nSPS) is 14.9. The molecule has 0 bridgehead atoms. The highest BCUT2D eigenvalue weighted by molar-refractivity contribution is 5.43. The van der Waals surface area contributed by atoms with Crippen LogP contribution in [0.2, 0.25) is 0 Å². The van der Waals surface area contributed by atoms with Gasteiger partial charge in [-0.2, -0.15) is 0 Å². The first-order valence-electron chi connectivity index (χ1n) is 6.72. The number of ether oxygens (including phenoxy) is 2. The van der Waals surface area contributed by atoms with Crippen LogP contribution in [0.5, 0.6) is 11.5 Å². The van der Waals surface area contributed by atoms with Gasteiger partial charge in [0.15, 0.2) is 11.5 Å². The van der Waals surface area contributed by atoms with E-state index in [-0.39, 0.29) is 0 Å². The zero-order valence-corrected chi connectivity index (χ0v) is 11.5. The van der Waals surface area contributed by atoms with E-state index in [2.05, 4.69) is 31.3 Å². The molecule has 0 saturated heterocycles. The van der Waals surface area contributed by atoms with Crippen molar-refractivity contribution in [2.24, 2.45) is 5.92 Å². The first-order chi connectivity index (χ1) is 8.69. The van der Waals surface area contributed by atoms with Crippen LogP contribution in [0.3, 0.4) is 0 Å². The van der Waals surface area contributed by atoms with Crippen LogP contribution in [0.25, 0.3) is 0 Å². The van der Waals surface area contributed by atoms with Crippen LogP contribution in [-0.4, -0.2) is 19.8 Å². The van der Waals surface area contributed by atoms with Crippen LogP contribution < -0.4 is 14.8 Å². The van der Waals surface area contributed by atoms with Gasteiger partial charge in [0.1, 0.15) is 0 Å². The lowest BCUT2D eigenvalue weighted by Gasteiger charge is -2.13. The monoisotopic (exact) mass is 249 g/mol. The SMILES string of the molecule is COc1cc(CNC(C)C)ccc1OCC1CC1. The Bertz CT molecular complexity index is 386. The highest BCUT2D eigenvalue weighted by Gasteiger charge is 2.22. The lowest BCUT2D eigenvalue weighted by Crippen LogP contribution is -2.21. The summed E-state index contributed by atoms with van der Waals surface area (Å²) in [6.07, 6.45) is 2.61. The number of rotatable bonds is 7. The fraction of sp³-hybridized carbons (Fsp3) is 0.600. The fourth-order valence-corrected chi connectivity index (χ4v) is 1.76. The van der Waals surface area contributed by atoms with E-state index < -0.39 is 0 Å². The Morgan fingerprint density at radius 3 is 2.67 bits per heavy atom. The second-order valence-corrected chi connectivity index (χ2v) is 5.28. The average Bonchev–Trinajstić information content (AvgIpc) is 3.18. The van der Waals surface area contributed by atoms with Crippen LogP contribution >= 0.6 is 0 Å². The van der Waals surface area contributed by atoms with Gasteiger partial charge >= 0.3 is 0 Å². The van der Waals surface area contributed by atoms with Crippen molar-refractivity contribution in [3.63, 3.8) is 0 Å². The molecule has 0 amide bonds. The Kier molecular flexibility index (Phi) is 4.48. The summed E-state index contributed by atoms with van der Waals surface area (Å²) in [5, 5.41) is 3.40. The highest BCUT2D eigenvalue weighted by Crippen LogP contribution is 2.33. The zero-order valence-electron chi connectivity index (χ0n) is 11.5. The van der Waals surface area contributed by atoms with Gasteiger partial charge in [0.05, 0.1) is 13.7 Å². The first-order valence-corrected chi connectivity index (χ1v) is 6.72. The molecule has 0 unspecified atom stereocenters. The molecule has 1 aromatic rings. The highest BCUT2D eigenvalue weighted by atomic mass is 16.5. The molecule has 1 aliphatic rings. The van der Waals surface area contributed by atoms with E-state index in [0.717, 1.165) is 30.6 Å². The van der Waals surface area contributed by atoms with Crippen LogP contribution in [-0.2, 0) is 6.54 Å². The summed E-state index contributed by atoms with van der Waals surface area (Å²) in [5.74, 6) is 2.45. The lowest BCUT2D eigenvalue weighted by atomic mass is 10.2. The van der Waals surface area contributed by atoms with Gasteiger partial charge in [0.2, 0.25) is 0 Å². The third kappa shape index (κ3) is 3.91. The average molecular weight is 249 g/mol. The molecule has 1 aliphatic carbocycles. The van der Waals surface area contributed by atoms with Crippen molar-refractivity contribution in [1.29, 1.82) is 0 Å². The molecule has 100 valence electrons. The van der Waals surface area contributed by atoms with E-state index in [9.17, 15) is 0 Å². The number of hydrogen-bond donors (Lipinski definition) is 1. The van der Waals surface area contributed by atoms with Gasteiger partial charge in [0.25, 0.3) is 0 Å². The summed E-state index contributed by atoms with van der Waals surface area (Å²) < 4.78 is 11.2. The summed E-state index contributed by atoms with van der Waals surface area (Å²) in [6.45, 7) is 5.96. The van der Waals surface area contributed by atoms with Crippen LogP contribution in [0.4, 0.5) is 0 Å². The lowest BCUT2D eigenvalue weighted by molar-refractivity contribution is 0.280. The maximum Gasteiger partial charge on any atom is 0.161 e. The summed E-state index contributed by atoms with van der Waals surface area (Å²) in [5.41, 5.74) is 1.22. The molecule has 1 N–H and O–H groups in total. The first kappa shape index (κ1) is 13.2. The second-order valence-electron chi connectivity index (χ2n) is 5.28. The molecule has 18 heavy (non-hydrogen) atoms. The van der Waals surface area contributed by atoms with Gasteiger partial charge in [-0.15, -0.1) is 0 Å². The third-order valence-electron chi connectivity index (χ3n) is 3.11. The standard InChI is InChI=1S/C15H23NO2/c1-11(2)16-9-13-6-7-14(15(8-13)17-3)18-10-12-4-5-12/h6-8,11-12,16H,4-5,9-10H2,1-3H3. The number of benzene rings is 1. The van der Waals surface area contributed by atoms with E-state index in [4.69, 9.17) is 9.47 Å². The zero-order chi connectivity index (χ0) is 13.0. The molecule has 0 aliphatic heterocycles. The molecule has 1 fully saturated rings. The Balaban J connectivity index is 1.97. The quantitative estimate of drug-likeness (QED) is 0.806. The summed E-state index contributed by atoms with van der Waals surface area (Å²) >= 11 is 0. The molecule has 1 saturated carbocycles. The van der Waals surface area contributed by atoms with E-state index in [1.807, 2.05) is 6.07 Å². The van der Waals surface area contributed by atoms with Gasteiger partial charge in [-0.3, -0.25) is 0 Å². The Hall–Kier alpha value is -1.22. The number of hydrogen-bond acceptors (Lipinski definition) is 3. The number of nitrogens with one attached hydrogen (secondary N) is 1. The van der Waals surface area contributed by atoms with Crippen molar-refractivity contribution in [3.05, 3.63) is 23.8 Å². The molecule has 0 aromatic heterocycles. The van der Waals surface area contributed by atoms with Crippen molar-refractivity contribution in [3.8, 4) is 11.5 Å². The van der Waals surface area contributed by atoms with E-state index in [1.165, 1.54) is 18.4 Å². The van der Waals surface area contributed by atoms with Crippen LogP contribution in [0.1, 0.15) is 32.3 Å². The summed E-state index contributed by atoms with van der Waals surface area (Å²) in [4.78, 5) is 0. The fourth-order valence-electron chi connectivity index (χ4n) is 1.76.